The molecule has 0 atom stereocenters. The highest BCUT2D eigenvalue weighted by Crippen LogP contribution is 2.44. The van der Waals surface area contributed by atoms with Crippen LogP contribution in [0.4, 0.5) is 0 Å². The molecule has 1 aliphatic carbocycles. The van der Waals surface area contributed by atoms with E-state index in [2.05, 4.69) is 24.3 Å². The minimum Gasteiger partial charge on any atom is -0.491 e. The fourth-order valence-corrected chi connectivity index (χ4v) is 4.14. The van der Waals surface area contributed by atoms with Crippen molar-refractivity contribution in [2.75, 3.05) is 26.4 Å². The lowest BCUT2D eigenvalue weighted by Crippen LogP contribution is -2.27. The number of rotatable bonds is 8. The second-order valence-corrected chi connectivity index (χ2v) is 7.19. The third-order valence-corrected chi connectivity index (χ3v) is 5.49. The van der Waals surface area contributed by atoms with Gasteiger partial charge in [-0.25, -0.2) is 0 Å². The van der Waals surface area contributed by atoms with E-state index in [0.717, 1.165) is 24.3 Å². The van der Waals surface area contributed by atoms with Crippen LogP contribution in [0.15, 0.2) is 48.5 Å². The van der Waals surface area contributed by atoms with Crippen molar-refractivity contribution in [1.82, 2.24) is 0 Å². The van der Waals surface area contributed by atoms with Crippen LogP contribution in [0, 0.1) is 0 Å². The monoisotopic (exact) mass is 370 g/mol. The molecule has 2 aromatic carbocycles. The maximum absolute atomic E-state index is 8.93. The van der Waals surface area contributed by atoms with Crippen molar-refractivity contribution in [3.8, 4) is 11.5 Å². The lowest BCUT2D eigenvalue weighted by atomic mass is 9.69. The largest absolute Gasteiger partial charge is 0.491 e. The minimum absolute atomic E-state index is 0.0154. The molecule has 1 fully saturated rings. The van der Waals surface area contributed by atoms with E-state index in [9.17, 15) is 0 Å². The van der Waals surface area contributed by atoms with Crippen LogP contribution in [0.1, 0.15) is 49.7 Å². The summed E-state index contributed by atoms with van der Waals surface area (Å²) in [6, 6.07) is 16.7. The number of aliphatic hydroxyl groups excluding tert-OH is 2. The maximum Gasteiger partial charge on any atom is 0.119 e. The third-order valence-electron chi connectivity index (χ3n) is 5.49. The summed E-state index contributed by atoms with van der Waals surface area (Å²) in [7, 11) is 0. The zero-order chi connectivity index (χ0) is 19.0. The first-order chi connectivity index (χ1) is 13.3. The number of ether oxygens (including phenoxy) is 2. The molecule has 27 heavy (non-hydrogen) atoms. The van der Waals surface area contributed by atoms with E-state index < -0.39 is 0 Å². The molecule has 1 aliphatic rings. The molecule has 2 aromatic rings. The van der Waals surface area contributed by atoms with Crippen molar-refractivity contribution in [1.29, 1.82) is 0 Å². The molecular formula is C23H30O4. The van der Waals surface area contributed by atoms with Crippen LogP contribution in [0.25, 0.3) is 0 Å². The molecule has 3 rings (SSSR count). The van der Waals surface area contributed by atoms with Gasteiger partial charge in [-0.1, -0.05) is 49.9 Å². The van der Waals surface area contributed by atoms with E-state index in [-0.39, 0.29) is 18.6 Å². The van der Waals surface area contributed by atoms with Gasteiger partial charge in [-0.3, -0.25) is 0 Å². The predicted octanol–water partition coefficient (Wildman–Crippen LogP) is 4.07. The van der Waals surface area contributed by atoms with E-state index in [1.54, 1.807) is 0 Å². The third kappa shape index (κ3) is 4.82. The smallest absolute Gasteiger partial charge is 0.119 e. The van der Waals surface area contributed by atoms with Gasteiger partial charge in [-0.15, -0.1) is 0 Å². The molecule has 0 spiro atoms. The number of benzene rings is 2. The molecular weight excluding hydrogens is 340 g/mol. The second-order valence-electron chi connectivity index (χ2n) is 7.19. The van der Waals surface area contributed by atoms with Crippen LogP contribution >= 0.6 is 0 Å². The topological polar surface area (TPSA) is 58.9 Å². The number of hydrogen-bond acceptors (Lipinski definition) is 4. The van der Waals surface area contributed by atoms with Gasteiger partial charge in [0, 0.05) is 5.41 Å². The lowest BCUT2D eigenvalue weighted by Gasteiger charge is -2.34. The molecule has 4 heteroatoms. The van der Waals surface area contributed by atoms with Gasteiger partial charge in [0.1, 0.15) is 24.7 Å². The Morgan fingerprint density at radius 1 is 0.630 bits per heavy atom. The zero-order valence-electron chi connectivity index (χ0n) is 15.9. The first-order valence-electron chi connectivity index (χ1n) is 9.97. The Bertz CT molecular complexity index is 617. The van der Waals surface area contributed by atoms with Crippen LogP contribution in [-0.2, 0) is 5.41 Å². The highest BCUT2D eigenvalue weighted by atomic mass is 16.5. The van der Waals surface area contributed by atoms with Gasteiger partial charge < -0.3 is 19.7 Å². The Morgan fingerprint density at radius 3 is 1.41 bits per heavy atom. The zero-order valence-corrected chi connectivity index (χ0v) is 15.9. The Labute approximate surface area is 161 Å². The van der Waals surface area contributed by atoms with Crippen molar-refractivity contribution in [2.24, 2.45) is 0 Å². The van der Waals surface area contributed by atoms with Gasteiger partial charge >= 0.3 is 0 Å². The van der Waals surface area contributed by atoms with E-state index in [4.69, 9.17) is 19.7 Å². The average molecular weight is 370 g/mol. The van der Waals surface area contributed by atoms with E-state index in [0.29, 0.717) is 13.2 Å². The van der Waals surface area contributed by atoms with Crippen LogP contribution in [0.2, 0.25) is 0 Å². The second kappa shape index (κ2) is 9.77. The molecule has 2 N–H and O–H groups in total. The van der Waals surface area contributed by atoms with Gasteiger partial charge in [-0.05, 0) is 48.2 Å². The quantitative estimate of drug-likeness (QED) is 0.688. The molecule has 1 saturated carbocycles. The van der Waals surface area contributed by atoms with Gasteiger partial charge in [-0.2, -0.15) is 0 Å². The molecule has 0 aromatic heterocycles. The summed E-state index contributed by atoms with van der Waals surface area (Å²) >= 11 is 0. The summed E-state index contributed by atoms with van der Waals surface area (Å²) in [5, 5.41) is 17.9. The van der Waals surface area contributed by atoms with Gasteiger partial charge in [0.15, 0.2) is 0 Å². The van der Waals surface area contributed by atoms with Crippen molar-refractivity contribution in [3.63, 3.8) is 0 Å². The van der Waals surface area contributed by atoms with Crippen LogP contribution in [0.5, 0.6) is 11.5 Å². The van der Waals surface area contributed by atoms with Crippen molar-refractivity contribution in [2.45, 2.75) is 43.9 Å². The van der Waals surface area contributed by atoms with Crippen LogP contribution in [-0.4, -0.2) is 36.6 Å². The number of aliphatic hydroxyl groups is 2. The Kier molecular flexibility index (Phi) is 7.13. The van der Waals surface area contributed by atoms with Crippen molar-refractivity contribution < 1.29 is 19.7 Å². The fourth-order valence-electron chi connectivity index (χ4n) is 4.14. The summed E-state index contributed by atoms with van der Waals surface area (Å²) < 4.78 is 11.1. The molecule has 0 heterocycles. The minimum atomic E-state index is 0.0154. The van der Waals surface area contributed by atoms with E-state index >= 15 is 0 Å². The maximum atomic E-state index is 8.93. The summed E-state index contributed by atoms with van der Waals surface area (Å²) in [4.78, 5) is 0. The summed E-state index contributed by atoms with van der Waals surface area (Å²) in [5.41, 5.74) is 2.66. The summed E-state index contributed by atoms with van der Waals surface area (Å²) in [6.07, 6.45) is 7.31. The standard InChI is InChI=1S/C23H30O4/c24-15-17-26-21-9-5-19(6-10-21)23(13-3-1-2-4-14-23)20-7-11-22(12-8-20)27-18-16-25/h5-12,24-25H,1-4,13-18H2. The summed E-state index contributed by atoms with van der Waals surface area (Å²) in [5.74, 6) is 1.59. The van der Waals surface area contributed by atoms with Crippen LogP contribution in [0.3, 0.4) is 0 Å². The Morgan fingerprint density at radius 2 is 1.04 bits per heavy atom. The van der Waals surface area contributed by atoms with Crippen molar-refractivity contribution >= 4 is 0 Å². The van der Waals surface area contributed by atoms with Crippen molar-refractivity contribution in [3.05, 3.63) is 59.7 Å². The van der Waals surface area contributed by atoms with Gasteiger partial charge in [0.2, 0.25) is 0 Å². The Balaban J connectivity index is 1.89. The highest BCUT2D eigenvalue weighted by Gasteiger charge is 2.34. The molecule has 4 nitrogen and oxygen atoms in total. The van der Waals surface area contributed by atoms with E-state index in [1.165, 1.54) is 36.8 Å². The predicted molar refractivity (Wildman–Crippen MR) is 107 cm³/mol. The van der Waals surface area contributed by atoms with E-state index in [1.807, 2.05) is 24.3 Å². The first kappa shape index (κ1) is 19.7. The molecule has 0 amide bonds. The average Bonchev–Trinajstić information content (AvgIpc) is 2.98. The SMILES string of the molecule is OCCOc1ccc(C2(c3ccc(OCCO)cc3)CCCCCC2)cc1. The molecule has 146 valence electrons. The first-order valence-corrected chi connectivity index (χ1v) is 9.97. The molecule has 0 aliphatic heterocycles. The molecule has 0 unspecified atom stereocenters. The van der Waals surface area contributed by atoms with Crippen LogP contribution < -0.4 is 9.47 Å². The highest BCUT2D eigenvalue weighted by molar-refractivity contribution is 5.43. The molecule has 0 radical (unpaired) electrons. The summed E-state index contributed by atoms with van der Waals surface area (Å²) in [6.45, 7) is 0.687. The normalized spacial score (nSPS) is 16.5. The fraction of sp³-hybridized carbons (Fsp3) is 0.478. The van der Waals surface area contributed by atoms with Gasteiger partial charge in [0.05, 0.1) is 13.2 Å². The lowest BCUT2D eigenvalue weighted by molar-refractivity contribution is 0.201. The van der Waals surface area contributed by atoms with Gasteiger partial charge in [0.25, 0.3) is 0 Å². The number of hydrogen-bond donors (Lipinski definition) is 2. The molecule has 0 bridgehead atoms. The Hall–Kier alpha value is -2.04. The molecule has 0 saturated heterocycles.